The van der Waals surface area contributed by atoms with E-state index in [0.717, 1.165) is 0 Å². The molecule has 100 valence electrons. The largest absolute Gasteiger partial charge is 0.380 e. The zero-order chi connectivity index (χ0) is 14.0. The minimum Gasteiger partial charge on any atom is -0.380 e. The van der Waals surface area contributed by atoms with Crippen LogP contribution in [0.2, 0.25) is 0 Å². The number of nitrogens with one attached hydrogen (secondary N) is 1. The standard InChI is InChI=1S/C9H11N7O2S/c10-8-7(9(11)16-15-8)14-13-5-1-3-6(4-2-5)19(12,17)18/h1-4,13H,(H2,12,17,18)(H4,10,11,14,15,16). The molecule has 0 aromatic heterocycles. The maximum atomic E-state index is 11.1. The molecule has 9 nitrogen and oxygen atoms in total. The summed E-state index contributed by atoms with van der Waals surface area (Å²) in [5, 5.41) is 16.0. The van der Waals surface area contributed by atoms with Gasteiger partial charge in [0.25, 0.3) is 0 Å². The van der Waals surface area contributed by atoms with E-state index in [1.165, 1.54) is 24.3 Å². The maximum absolute atomic E-state index is 11.1. The van der Waals surface area contributed by atoms with Crippen molar-refractivity contribution in [3.05, 3.63) is 24.3 Å². The normalized spacial score (nSPS) is 14.9. The molecule has 0 aliphatic carbocycles. The van der Waals surface area contributed by atoms with Crippen LogP contribution in [0, 0.1) is 0 Å². The monoisotopic (exact) mass is 281 g/mol. The van der Waals surface area contributed by atoms with Gasteiger partial charge in [-0.15, -0.1) is 10.2 Å². The van der Waals surface area contributed by atoms with Gasteiger partial charge < -0.3 is 11.5 Å². The summed E-state index contributed by atoms with van der Waals surface area (Å²) in [6.45, 7) is 0. The van der Waals surface area contributed by atoms with E-state index in [1.807, 2.05) is 0 Å². The van der Waals surface area contributed by atoms with Gasteiger partial charge in [-0.05, 0) is 24.3 Å². The molecule has 0 unspecified atom stereocenters. The Balaban J connectivity index is 2.16. The summed E-state index contributed by atoms with van der Waals surface area (Å²) < 4.78 is 22.1. The first-order chi connectivity index (χ1) is 8.88. The summed E-state index contributed by atoms with van der Waals surface area (Å²) >= 11 is 0. The second kappa shape index (κ2) is 4.66. The number of amidine groups is 2. The van der Waals surface area contributed by atoms with E-state index in [0.29, 0.717) is 5.69 Å². The summed E-state index contributed by atoms with van der Waals surface area (Å²) in [5.41, 5.74) is 14.4. The zero-order valence-corrected chi connectivity index (χ0v) is 10.4. The van der Waals surface area contributed by atoms with Crippen molar-refractivity contribution in [3.63, 3.8) is 0 Å². The van der Waals surface area contributed by atoms with Gasteiger partial charge >= 0.3 is 0 Å². The predicted octanol–water partition coefficient (Wildman–Crippen LogP) is -1.26. The summed E-state index contributed by atoms with van der Waals surface area (Å²) in [7, 11) is -3.71. The highest BCUT2D eigenvalue weighted by Gasteiger charge is 2.16. The zero-order valence-electron chi connectivity index (χ0n) is 9.61. The van der Waals surface area contributed by atoms with Gasteiger partial charge in [0.1, 0.15) is 0 Å². The molecule has 7 N–H and O–H groups in total. The first-order valence-corrected chi connectivity index (χ1v) is 6.56. The molecule has 0 spiro atoms. The van der Waals surface area contributed by atoms with Gasteiger partial charge in [-0.2, -0.15) is 5.10 Å². The van der Waals surface area contributed by atoms with Gasteiger partial charge in [0.2, 0.25) is 10.0 Å². The first kappa shape index (κ1) is 13.0. The Morgan fingerprint density at radius 2 is 1.58 bits per heavy atom. The van der Waals surface area contributed by atoms with Crippen LogP contribution in [0.4, 0.5) is 5.69 Å². The Labute approximate surface area is 108 Å². The minimum absolute atomic E-state index is 0.00808. The molecule has 10 heteroatoms. The topological polar surface area (TPSA) is 161 Å². The van der Waals surface area contributed by atoms with Gasteiger partial charge in [0.15, 0.2) is 17.4 Å². The summed E-state index contributed by atoms with van der Waals surface area (Å²) in [4.78, 5) is 0.00808. The fraction of sp³-hybridized carbons (Fsp3) is 0. The maximum Gasteiger partial charge on any atom is 0.238 e. The molecule has 1 aromatic carbocycles. The molecule has 19 heavy (non-hydrogen) atoms. The third-order valence-electron chi connectivity index (χ3n) is 2.23. The van der Waals surface area contributed by atoms with E-state index in [-0.39, 0.29) is 22.3 Å². The van der Waals surface area contributed by atoms with E-state index < -0.39 is 10.0 Å². The second-order valence-corrected chi connectivity index (χ2v) is 5.17. The van der Waals surface area contributed by atoms with Crippen molar-refractivity contribution in [1.29, 1.82) is 0 Å². The van der Waals surface area contributed by atoms with Crippen molar-refractivity contribution in [1.82, 2.24) is 0 Å². The van der Waals surface area contributed by atoms with Crippen molar-refractivity contribution in [2.45, 2.75) is 4.90 Å². The highest BCUT2D eigenvalue weighted by Crippen LogP contribution is 2.12. The van der Waals surface area contributed by atoms with Crippen LogP contribution in [0.1, 0.15) is 0 Å². The number of hydrogen-bond donors (Lipinski definition) is 4. The number of anilines is 1. The Morgan fingerprint density at radius 3 is 2.05 bits per heavy atom. The molecular formula is C9H11N7O2S. The van der Waals surface area contributed by atoms with Crippen LogP contribution in [0.15, 0.2) is 44.5 Å². The highest BCUT2D eigenvalue weighted by molar-refractivity contribution is 7.89. The lowest BCUT2D eigenvalue weighted by Gasteiger charge is -2.03. The van der Waals surface area contributed by atoms with Crippen molar-refractivity contribution < 1.29 is 8.42 Å². The molecule has 0 atom stereocenters. The molecule has 1 aliphatic heterocycles. The van der Waals surface area contributed by atoms with Crippen molar-refractivity contribution in [2.24, 2.45) is 31.9 Å². The van der Waals surface area contributed by atoms with Gasteiger partial charge in [0, 0.05) is 0 Å². The fourth-order valence-electron chi connectivity index (χ4n) is 1.29. The van der Waals surface area contributed by atoms with E-state index >= 15 is 0 Å². The number of rotatable bonds is 3. The van der Waals surface area contributed by atoms with Gasteiger partial charge in [0.05, 0.1) is 10.6 Å². The Morgan fingerprint density at radius 1 is 1.05 bits per heavy atom. The number of nitrogens with two attached hydrogens (primary N) is 3. The van der Waals surface area contributed by atoms with E-state index in [2.05, 4.69) is 20.7 Å². The molecule has 1 aliphatic rings. The molecule has 0 saturated heterocycles. The van der Waals surface area contributed by atoms with E-state index in [9.17, 15) is 8.42 Å². The van der Waals surface area contributed by atoms with Crippen LogP contribution >= 0.6 is 0 Å². The molecule has 0 radical (unpaired) electrons. The SMILES string of the molecule is NC1=NN=C(N)C1=NNc1ccc(S(N)(=O)=O)cc1. The van der Waals surface area contributed by atoms with Crippen LogP contribution in [-0.2, 0) is 10.0 Å². The van der Waals surface area contributed by atoms with Crippen LogP contribution in [0.25, 0.3) is 0 Å². The fourth-order valence-corrected chi connectivity index (χ4v) is 1.80. The Kier molecular flexibility index (Phi) is 3.19. The quantitative estimate of drug-likeness (QED) is 0.508. The molecule has 1 heterocycles. The number of hydrogen-bond acceptors (Lipinski definition) is 8. The van der Waals surface area contributed by atoms with E-state index in [1.54, 1.807) is 0 Å². The molecule has 2 rings (SSSR count). The van der Waals surface area contributed by atoms with Crippen molar-refractivity contribution in [3.8, 4) is 0 Å². The third kappa shape index (κ3) is 2.86. The average molecular weight is 281 g/mol. The number of sulfonamides is 1. The molecule has 0 bridgehead atoms. The minimum atomic E-state index is -3.71. The number of nitrogens with zero attached hydrogens (tertiary/aromatic N) is 3. The van der Waals surface area contributed by atoms with Gasteiger partial charge in [-0.1, -0.05) is 0 Å². The lowest BCUT2D eigenvalue weighted by molar-refractivity contribution is 0.598. The van der Waals surface area contributed by atoms with Crippen molar-refractivity contribution in [2.75, 3.05) is 5.43 Å². The molecule has 0 saturated carbocycles. The van der Waals surface area contributed by atoms with Crippen LogP contribution in [0.3, 0.4) is 0 Å². The third-order valence-corrected chi connectivity index (χ3v) is 3.16. The molecule has 1 aromatic rings. The second-order valence-electron chi connectivity index (χ2n) is 3.61. The molecule has 0 fully saturated rings. The van der Waals surface area contributed by atoms with Crippen LogP contribution < -0.4 is 22.0 Å². The van der Waals surface area contributed by atoms with Gasteiger partial charge in [-0.25, -0.2) is 13.6 Å². The summed E-state index contributed by atoms with van der Waals surface area (Å²) in [5.74, 6) is 0.206. The van der Waals surface area contributed by atoms with Crippen LogP contribution in [0.5, 0.6) is 0 Å². The Hall–Kier alpha value is -2.46. The highest BCUT2D eigenvalue weighted by atomic mass is 32.2. The summed E-state index contributed by atoms with van der Waals surface area (Å²) in [6, 6.07) is 5.70. The lowest BCUT2D eigenvalue weighted by Crippen LogP contribution is -2.32. The number of primary sulfonamides is 1. The molecule has 0 amide bonds. The lowest BCUT2D eigenvalue weighted by atomic mass is 10.3. The van der Waals surface area contributed by atoms with E-state index in [4.69, 9.17) is 16.6 Å². The average Bonchev–Trinajstić information content (AvgIpc) is 2.66. The number of benzene rings is 1. The van der Waals surface area contributed by atoms with Crippen molar-refractivity contribution >= 4 is 33.1 Å². The predicted molar refractivity (Wildman–Crippen MR) is 72.1 cm³/mol. The first-order valence-electron chi connectivity index (χ1n) is 5.02. The van der Waals surface area contributed by atoms with Gasteiger partial charge in [-0.3, -0.25) is 5.43 Å². The number of hydrazone groups is 1. The Bertz CT molecular complexity index is 668. The smallest absolute Gasteiger partial charge is 0.238 e. The van der Waals surface area contributed by atoms with Crippen LogP contribution in [-0.4, -0.2) is 25.8 Å². The molecular weight excluding hydrogens is 270 g/mol. The summed E-state index contributed by atoms with van der Waals surface area (Å²) in [6.07, 6.45) is 0.